The van der Waals surface area contributed by atoms with Crippen molar-refractivity contribution in [3.63, 3.8) is 0 Å². The minimum Gasteiger partial charge on any atom is -0.458 e. The molecule has 0 unspecified atom stereocenters. The third-order valence-electron chi connectivity index (χ3n) is 13.2. The summed E-state index contributed by atoms with van der Waals surface area (Å²) in [5, 5.41) is 2.10. The van der Waals surface area contributed by atoms with Gasteiger partial charge in [0.1, 0.15) is 17.3 Å². The summed E-state index contributed by atoms with van der Waals surface area (Å²) in [5.74, 6) is 2.19. The molecular weight excluding hydrogens is 853 g/mol. The number of rotatable bonds is 12. The molecule has 5 heteroatoms. The first kappa shape index (κ1) is 32.8. The fourth-order valence-corrected chi connectivity index (χ4v) is 9.82. The van der Waals surface area contributed by atoms with Gasteiger partial charge in [0.15, 0.2) is 0 Å². The molecule has 0 amide bonds. The number of ether oxygens (including phenoxy) is 1. The summed E-state index contributed by atoms with van der Waals surface area (Å²) < 4.78 is 100. The zero-order valence-corrected chi connectivity index (χ0v) is 38.4. The van der Waals surface area contributed by atoms with E-state index in [1.165, 1.54) is 5.56 Å². The molecular formula is C65H50N4O. The molecule has 0 atom stereocenters. The van der Waals surface area contributed by atoms with Crippen LogP contribution in [0.25, 0.3) is 94.5 Å². The van der Waals surface area contributed by atoms with Gasteiger partial charge in [-0.3, -0.25) is 13.7 Å². The normalized spacial score (nSPS) is 13.5. The van der Waals surface area contributed by atoms with E-state index in [4.69, 9.17) is 23.4 Å². The summed E-state index contributed by atoms with van der Waals surface area (Å²) in [5.41, 5.74) is 9.66. The Labute approximate surface area is 422 Å². The first-order chi connectivity index (χ1) is 38.8. The molecule has 0 bridgehead atoms. The van der Waals surface area contributed by atoms with E-state index in [1.54, 1.807) is 27.3 Å². The molecule has 0 spiro atoms. The molecule has 3 heterocycles. The lowest BCUT2D eigenvalue weighted by molar-refractivity contribution is -0.571. The molecule has 0 N–H and O–H groups in total. The van der Waals surface area contributed by atoms with Crippen molar-refractivity contribution in [2.45, 2.75) is 32.6 Å². The molecule has 0 aliphatic rings. The molecule has 0 fully saturated rings. The second kappa shape index (κ2) is 18.4. The van der Waals surface area contributed by atoms with Crippen LogP contribution in [0.1, 0.15) is 51.9 Å². The van der Waals surface area contributed by atoms with Gasteiger partial charge in [-0.05, 0) is 112 Å². The molecule has 12 aromatic rings. The number of hydrogen-bond donors (Lipinski definition) is 0. The van der Waals surface area contributed by atoms with Gasteiger partial charge in [0.05, 0.1) is 47.1 Å². The number of nitrogens with zero attached hydrogens (tertiary/aromatic N) is 4. The topological polar surface area (TPSA) is 35.9 Å². The fraction of sp³-hybridized carbons (Fsp3) is 0.0769. The fourth-order valence-electron chi connectivity index (χ4n) is 9.82. The lowest BCUT2D eigenvalue weighted by Crippen LogP contribution is -2.31. The zero-order chi connectivity index (χ0) is 55.7. The number of hydrogen-bond acceptors (Lipinski definition) is 2. The minimum absolute atomic E-state index is 0.132. The molecule has 0 radical (unpaired) electrons. The maximum Gasteiger partial charge on any atom is 0.269 e. The standard InChI is InChI=1S/C65H50N4O/c1-3-45(4-2)57-42-64(66-43-59(57)49-27-15-8-16-28-49)69-60-38-35-50(46-21-9-5-10-22-46)39-58(60)56-37-36-53(41-63(56)69)70-52-30-19-29-51(40-52)67-44-68(62-34-18-17-33-61(62)67)65-54(47-23-11-6-12-24-47)31-20-32-55(65)48-25-13-7-14-26-48/h5-43,45H,3-4H2,1-2H3/i6D,7D,11D,12D,13D,14D,23D,24D,25D,26D. The van der Waals surface area contributed by atoms with Crippen molar-refractivity contribution in [1.29, 1.82) is 0 Å². The van der Waals surface area contributed by atoms with E-state index in [9.17, 15) is 0 Å². The van der Waals surface area contributed by atoms with E-state index in [0.29, 0.717) is 34.1 Å². The van der Waals surface area contributed by atoms with Crippen LogP contribution in [-0.2, 0) is 0 Å². The van der Waals surface area contributed by atoms with Crippen molar-refractivity contribution < 1.29 is 23.0 Å². The predicted octanol–water partition coefficient (Wildman–Crippen LogP) is 16.6. The molecule has 9 aromatic carbocycles. The van der Waals surface area contributed by atoms with Gasteiger partial charge >= 0.3 is 0 Å². The lowest BCUT2D eigenvalue weighted by atomic mass is 9.88. The Morgan fingerprint density at radius 3 is 1.90 bits per heavy atom. The van der Waals surface area contributed by atoms with E-state index in [-0.39, 0.29) is 27.9 Å². The number of aromatic nitrogens is 4. The molecule has 12 rings (SSSR count). The Morgan fingerprint density at radius 2 is 1.19 bits per heavy atom. The second-order valence-electron chi connectivity index (χ2n) is 17.2. The van der Waals surface area contributed by atoms with Gasteiger partial charge in [0, 0.05) is 28.6 Å². The van der Waals surface area contributed by atoms with Crippen molar-refractivity contribution in [2.75, 3.05) is 0 Å². The van der Waals surface area contributed by atoms with Crippen LogP contribution in [0.3, 0.4) is 0 Å². The highest BCUT2D eigenvalue weighted by Crippen LogP contribution is 2.40. The van der Waals surface area contributed by atoms with Gasteiger partial charge in [-0.25, -0.2) is 4.98 Å². The molecule has 0 saturated heterocycles. The van der Waals surface area contributed by atoms with Gasteiger partial charge in [-0.2, -0.15) is 0 Å². The van der Waals surface area contributed by atoms with Gasteiger partial charge in [0.25, 0.3) is 6.33 Å². The summed E-state index contributed by atoms with van der Waals surface area (Å²) in [6.07, 6.45) is 7.42. The predicted molar refractivity (Wildman–Crippen MR) is 287 cm³/mol. The van der Waals surface area contributed by atoms with Crippen LogP contribution in [0.15, 0.2) is 236 Å². The summed E-state index contributed by atoms with van der Waals surface area (Å²) in [6, 6.07) is 50.2. The van der Waals surface area contributed by atoms with Gasteiger partial charge < -0.3 is 4.74 Å². The van der Waals surface area contributed by atoms with Crippen LogP contribution in [0.4, 0.5) is 0 Å². The average Bonchev–Trinajstić information content (AvgIpc) is 4.23. The Balaban J connectivity index is 1.02. The number of fused-ring (bicyclic) bond motifs is 4. The number of pyridine rings is 1. The van der Waals surface area contributed by atoms with E-state index in [2.05, 4.69) is 97.5 Å². The van der Waals surface area contributed by atoms with Gasteiger partial charge in [-0.15, -0.1) is 0 Å². The molecule has 70 heavy (non-hydrogen) atoms. The monoisotopic (exact) mass is 912 g/mol. The highest BCUT2D eigenvalue weighted by Gasteiger charge is 2.22. The van der Waals surface area contributed by atoms with E-state index < -0.39 is 60.4 Å². The maximum absolute atomic E-state index is 9.08. The highest BCUT2D eigenvalue weighted by molar-refractivity contribution is 6.10. The largest absolute Gasteiger partial charge is 0.458 e. The molecule has 5 nitrogen and oxygen atoms in total. The van der Waals surface area contributed by atoms with Crippen LogP contribution >= 0.6 is 0 Å². The molecule has 3 aromatic heterocycles. The average molecular weight is 913 g/mol. The van der Waals surface area contributed by atoms with Crippen molar-refractivity contribution in [3.05, 3.63) is 248 Å². The van der Waals surface area contributed by atoms with Crippen molar-refractivity contribution in [3.8, 4) is 73.2 Å². The molecule has 0 aliphatic heterocycles. The van der Waals surface area contributed by atoms with Crippen molar-refractivity contribution in [1.82, 2.24) is 14.1 Å². The van der Waals surface area contributed by atoms with Gasteiger partial charge in [-0.1, -0.05) is 190 Å². The third-order valence-corrected chi connectivity index (χ3v) is 13.2. The van der Waals surface area contributed by atoms with Crippen molar-refractivity contribution >= 4 is 32.8 Å². The SMILES string of the molecule is [2H]c1c([2H])c([2H])c(-c2cccc(-c3c([2H])c([2H])c([2H])c([2H])c3[2H])c2-[n+]2[c-]n(-c3cccc(Oc4ccc5c6cc(-c7ccccc7)ccc6n(-c6cc(C(CC)CC)c(-c7ccccc7)cn6)c5c4)c3)c3ccccc32)c([2H])c1[2H]. The molecule has 336 valence electrons. The summed E-state index contributed by atoms with van der Waals surface area (Å²) in [6.45, 7) is 4.47. The van der Waals surface area contributed by atoms with Crippen LogP contribution in [0.2, 0.25) is 0 Å². The highest BCUT2D eigenvalue weighted by atomic mass is 16.5. The number of imidazole rings is 1. The summed E-state index contributed by atoms with van der Waals surface area (Å²) in [7, 11) is 0. The summed E-state index contributed by atoms with van der Waals surface area (Å²) in [4.78, 5) is 5.21. The number of benzene rings is 9. The van der Waals surface area contributed by atoms with E-state index in [0.717, 1.165) is 62.7 Å². The minimum atomic E-state index is -0.568. The Hall–Kier alpha value is -8.80. The smallest absolute Gasteiger partial charge is 0.269 e. The van der Waals surface area contributed by atoms with Gasteiger partial charge in [0.2, 0.25) is 0 Å². The first-order valence-corrected chi connectivity index (χ1v) is 23.5. The van der Waals surface area contributed by atoms with Crippen LogP contribution in [0.5, 0.6) is 11.5 Å². The van der Waals surface area contributed by atoms with Crippen LogP contribution in [-0.4, -0.2) is 14.1 Å². The van der Waals surface area contributed by atoms with E-state index in [1.807, 2.05) is 85.1 Å². The Bertz CT molecular complexity index is 4290. The first-order valence-electron chi connectivity index (χ1n) is 28.5. The maximum atomic E-state index is 9.08. The Morgan fingerprint density at radius 1 is 0.529 bits per heavy atom. The Kier molecular flexibility index (Phi) is 8.61. The molecule has 0 saturated carbocycles. The zero-order valence-electron chi connectivity index (χ0n) is 48.4. The van der Waals surface area contributed by atoms with Crippen LogP contribution in [0, 0.1) is 6.33 Å². The molecule has 0 aliphatic carbocycles. The lowest BCUT2D eigenvalue weighted by Gasteiger charge is -2.20. The van der Waals surface area contributed by atoms with Crippen LogP contribution < -0.4 is 9.30 Å². The summed E-state index contributed by atoms with van der Waals surface area (Å²) >= 11 is 0. The number of para-hydroxylation sites is 3. The third kappa shape index (κ3) is 7.72. The van der Waals surface area contributed by atoms with Crippen molar-refractivity contribution in [2.24, 2.45) is 0 Å². The van der Waals surface area contributed by atoms with E-state index >= 15 is 0 Å². The second-order valence-corrected chi connectivity index (χ2v) is 17.2. The quantitative estimate of drug-likeness (QED) is 0.0904.